The number of carbonyl (C=O) groups is 2. The first-order chi connectivity index (χ1) is 6.65. The smallest absolute Gasteiger partial charge is 0.407 e. The molecule has 2 aliphatic rings. The number of hydrogen-bond acceptors (Lipinski definition) is 2. The average Bonchev–Trinajstić information content (AvgIpc) is 2.62. The van der Waals surface area contributed by atoms with Crippen molar-refractivity contribution >= 4 is 12.0 Å². The van der Waals surface area contributed by atoms with Gasteiger partial charge in [0.05, 0.1) is 0 Å². The van der Waals surface area contributed by atoms with Crippen LogP contribution in [0.4, 0.5) is 4.79 Å². The summed E-state index contributed by atoms with van der Waals surface area (Å²) in [6, 6.07) is 0. The van der Waals surface area contributed by atoms with Crippen LogP contribution in [-0.2, 0) is 4.79 Å². The fourth-order valence-corrected chi connectivity index (χ4v) is 2.36. The zero-order valence-electron chi connectivity index (χ0n) is 8.06. The molecule has 0 bridgehead atoms. The van der Waals surface area contributed by atoms with Crippen molar-refractivity contribution in [2.45, 2.75) is 6.92 Å². The summed E-state index contributed by atoms with van der Waals surface area (Å²) in [5.74, 6) is 0.716. The molecule has 14 heavy (non-hydrogen) atoms. The van der Waals surface area contributed by atoms with Gasteiger partial charge in [0.25, 0.3) is 0 Å². The van der Waals surface area contributed by atoms with E-state index < -0.39 is 6.09 Å². The summed E-state index contributed by atoms with van der Waals surface area (Å²) in [5.41, 5.74) is 0. The van der Waals surface area contributed by atoms with Crippen molar-refractivity contribution in [2.75, 3.05) is 19.6 Å². The van der Waals surface area contributed by atoms with Crippen LogP contribution < -0.4 is 5.32 Å². The molecule has 2 rings (SSSR count). The number of fused-ring (bicyclic) bond motifs is 1. The van der Waals surface area contributed by atoms with E-state index >= 15 is 0 Å². The summed E-state index contributed by atoms with van der Waals surface area (Å²) < 4.78 is 0. The van der Waals surface area contributed by atoms with Gasteiger partial charge >= 0.3 is 6.09 Å². The number of amides is 2. The number of carbonyl (C=O) groups excluding carboxylic acids is 1. The van der Waals surface area contributed by atoms with E-state index in [4.69, 9.17) is 5.11 Å². The minimum atomic E-state index is -0.869. The maximum Gasteiger partial charge on any atom is 0.407 e. The molecule has 0 aromatic heterocycles. The zero-order chi connectivity index (χ0) is 10.3. The lowest BCUT2D eigenvalue weighted by atomic mass is 10.2. The highest BCUT2D eigenvalue weighted by atomic mass is 16.4. The van der Waals surface area contributed by atoms with Crippen molar-refractivity contribution in [3.05, 3.63) is 0 Å². The van der Waals surface area contributed by atoms with Gasteiger partial charge in [-0.25, -0.2) is 4.79 Å². The van der Waals surface area contributed by atoms with Crippen LogP contribution >= 0.6 is 0 Å². The Morgan fingerprint density at radius 1 is 1.43 bits per heavy atom. The predicted octanol–water partition coefficient (Wildman–Crippen LogP) is -0.0217. The minimum Gasteiger partial charge on any atom is -0.465 e. The second-order valence-corrected chi connectivity index (χ2v) is 3.94. The highest BCUT2D eigenvalue weighted by Crippen LogP contribution is 2.51. The first kappa shape index (κ1) is 9.30. The highest BCUT2D eigenvalue weighted by Gasteiger charge is 2.60. The summed E-state index contributed by atoms with van der Waals surface area (Å²) in [6.45, 7) is 3.60. The first-order valence-corrected chi connectivity index (χ1v) is 4.90. The molecule has 1 aliphatic heterocycles. The van der Waals surface area contributed by atoms with E-state index in [0.29, 0.717) is 19.6 Å². The molecule has 0 spiro atoms. The van der Waals surface area contributed by atoms with E-state index in [1.807, 2.05) is 6.92 Å². The molecule has 0 radical (unpaired) electrons. The number of likely N-dealkylation sites (tertiary alicyclic amines) is 1. The predicted molar refractivity (Wildman–Crippen MR) is 48.8 cm³/mol. The lowest BCUT2D eigenvalue weighted by Crippen LogP contribution is -2.34. The zero-order valence-corrected chi connectivity index (χ0v) is 8.06. The van der Waals surface area contributed by atoms with Crippen molar-refractivity contribution in [3.63, 3.8) is 0 Å². The molecule has 1 aliphatic carbocycles. The monoisotopic (exact) mass is 198 g/mol. The third kappa shape index (κ3) is 1.32. The van der Waals surface area contributed by atoms with Crippen LogP contribution in [-0.4, -0.2) is 41.6 Å². The summed E-state index contributed by atoms with van der Waals surface area (Å²) >= 11 is 0. The van der Waals surface area contributed by atoms with Crippen LogP contribution in [0.3, 0.4) is 0 Å². The highest BCUT2D eigenvalue weighted by molar-refractivity contribution is 5.83. The summed E-state index contributed by atoms with van der Waals surface area (Å²) in [4.78, 5) is 23.4. The number of nitrogens with one attached hydrogen (secondary N) is 1. The van der Waals surface area contributed by atoms with Crippen molar-refractivity contribution in [3.8, 4) is 0 Å². The number of nitrogens with zero attached hydrogens (tertiary/aromatic N) is 1. The summed E-state index contributed by atoms with van der Waals surface area (Å²) in [7, 11) is 0. The maximum atomic E-state index is 11.4. The molecule has 5 nitrogen and oxygen atoms in total. The normalized spacial score (nSPS) is 33.8. The Bertz CT molecular complexity index is 267. The average molecular weight is 198 g/mol. The molecular formula is C9H14N2O3. The lowest BCUT2D eigenvalue weighted by Gasteiger charge is -2.15. The second kappa shape index (κ2) is 3.15. The Balaban J connectivity index is 1.85. The molecule has 78 valence electrons. The van der Waals surface area contributed by atoms with Gasteiger partial charge in [-0.3, -0.25) is 4.79 Å². The van der Waals surface area contributed by atoms with Gasteiger partial charge in [0.2, 0.25) is 5.91 Å². The van der Waals surface area contributed by atoms with E-state index in [1.54, 1.807) is 0 Å². The largest absolute Gasteiger partial charge is 0.465 e. The Morgan fingerprint density at radius 2 is 2.00 bits per heavy atom. The second-order valence-electron chi connectivity index (χ2n) is 3.94. The van der Waals surface area contributed by atoms with Crippen LogP contribution in [0.1, 0.15) is 6.92 Å². The fraction of sp³-hybridized carbons (Fsp3) is 0.778. The molecular weight excluding hydrogens is 184 g/mol. The molecule has 2 atom stereocenters. The van der Waals surface area contributed by atoms with Gasteiger partial charge in [0.1, 0.15) is 0 Å². The number of carboxylic acid groups (broad SMARTS) is 1. The Labute approximate surface area is 82.1 Å². The molecule has 0 aromatic carbocycles. The van der Waals surface area contributed by atoms with Crippen molar-refractivity contribution in [1.29, 1.82) is 0 Å². The van der Waals surface area contributed by atoms with Crippen LogP contribution in [0, 0.1) is 17.8 Å². The van der Waals surface area contributed by atoms with Crippen LogP contribution in [0.5, 0.6) is 0 Å². The van der Waals surface area contributed by atoms with Crippen LogP contribution in [0.15, 0.2) is 0 Å². The maximum absolute atomic E-state index is 11.4. The minimum absolute atomic E-state index is 0.0746. The fourth-order valence-electron chi connectivity index (χ4n) is 2.36. The number of hydrogen-bond donors (Lipinski definition) is 2. The van der Waals surface area contributed by atoms with E-state index in [-0.39, 0.29) is 23.7 Å². The van der Waals surface area contributed by atoms with Gasteiger partial charge in [-0.2, -0.15) is 0 Å². The molecule has 2 N–H and O–H groups in total. The van der Waals surface area contributed by atoms with Gasteiger partial charge < -0.3 is 15.3 Å². The Hall–Kier alpha value is -1.26. The van der Waals surface area contributed by atoms with Crippen molar-refractivity contribution in [1.82, 2.24) is 10.2 Å². The van der Waals surface area contributed by atoms with E-state index in [2.05, 4.69) is 5.32 Å². The molecule has 2 fully saturated rings. The van der Waals surface area contributed by atoms with Crippen LogP contribution in [0.25, 0.3) is 0 Å². The molecule has 1 saturated heterocycles. The van der Waals surface area contributed by atoms with Gasteiger partial charge in [-0.1, -0.05) is 0 Å². The third-order valence-corrected chi connectivity index (χ3v) is 3.12. The third-order valence-electron chi connectivity index (χ3n) is 3.12. The Kier molecular flexibility index (Phi) is 2.09. The van der Waals surface area contributed by atoms with Gasteiger partial charge in [-0.05, 0) is 18.8 Å². The van der Waals surface area contributed by atoms with Gasteiger partial charge in [0, 0.05) is 25.6 Å². The van der Waals surface area contributed by atoms with Gasteiger partial charge in [-0.15, -0.1) is 0 Å². The van der Waals surface area contributed by atoms with Crippen molar-refractivity contribution < 1.29 is 14.7 Å². The number of piperidine rings is 1. The Morgan fingerprint density at radius 3 is 2.43 bits per heavy atom. The van der Waals surface area contributed by atoms with E-state index in [1.165, 1.54) is 4.90 Å². The molecule has 1 saturated carbocycles. The SMILES string of the molecule is CCNC(=O)C1C2CN(C(=O)O)CC21. The molecule has 1 heterocycles. The quantitative estimate of drug-likeness (QED) is 0.655. The summed E-state index contributed by atoms with van der Waals surface area (Å²) in [5, 5.41) is 11.5. The van der Waals surface area contributed by atoms with E-state index in [0.717, 1.165) is 0 Å². The standard InChI is InChI=1S/C9H14N2O3/c1-2-10-8(12)7-5-3-11(9(13)14)4-6(5)7/h5-7H,2-4H2,1H3,(H,10,12)(H,13,14). The van der Waals surface area contributed by atoms with Crippen molar-refractivity contribution in [2.24, 2.45) is 17.8 Å². The topological polar surface area (TPSA) is 69.6 Å². The molecule has 2 unspecified atom stereocenters. The summed E-state index contributed by atoms with van der Waals surface area (Å²) in [6.07, 6.45) is -0.869. The molecule has 2 amide bonds. The van der Waals surface area contributed by atoms with E-state index in [9.17, 15) is 9.59 Å². The number of rotatable bonds is 2. The molecule has 0 aromatic rings. The van der Waals surface area contributed by atoms with Crippen LogP contribution in [0.2, 0.25) is 0 Å². The first-order valence-electron chi connectivity index (χ1n) is 4.90. The molecule has 5 heteroatoms. The van der Waals surface area contributed by atoms with Gasteiger partial charge in [0.15, 0.2) is 0 Å². The lowest BCUT2D eigenvalue weighted by molar-refractivity contribution is -0.123.